The number of Topliss-reactive ketones (excluding diaryl/α,β-unsaturated/α-hetero) is 1. The number of sulfone groups is 1. The fourth-order valence-electron chi connectivity index (χ4n) is 3.81. The number of carbonyl (C=O) groups is 3. The Morgan fingerprint density at radius 1 is 1.15 bits per heavy atom. The molecule has 1 fully saturated rings. The largest absolute Gasteiger partial charge is 0.481 e. The first-order valence-corrected chi connectivity index (χ1v) is 12.7. The second kappa shape index (κ2) is 9.73. The Kier molecular flexibility index (Phi) is 6.75. The van der Waals surface area contributed by atoms with E-state index < -0.39 is 28.3 Å². The van der Waals surface area contributed by atoms with Gasteiger partial charge in [-0.1, -0.05) is 36.3 Å². The van der Waals surface area contributed by atoms with E-state index in [1.807, 2.05) is 0 Å². The molecular weight excluding hydrogens is 482 g/mol. The van der Waals surface area contributed by atoms with Crippen LogP contribution in [0.25, 0.3) is 0 Å². The Hall–Kier alpha value is -3.58. The van der Waals surface area contributed by atoms with Gasteiger partial charge in [-0.2, -0.15) is 0 Å². The minimum absolute atomic E-state index is 0.0294. The number of carboxylic acid groups (broad SMARTS) is 1. The molecule has 11 nitrogen and oxygen atoms in total. The molecule has 34 heavy (non-hydrogen) atoms. The SMILES string of the molecule is O=C(O)Cc1nc(NC(=O)Nc2ccccc2C(=O)C2CCCC2)sc1S(=O)(=O)c1ncc[nH]1. The number of rotatable bonds is 8. The van der Waals surface area contributed by atoms with Crippen molar-refractivity contribution in [2.75, 3.05) is 10.6 Å². The van der Waals surface area contributed by atoms with Gasteiger partial charge in [-0.05, 0) is 25.0 Å². The van der Waals surface area contributed by atoms with E-state index >= 15 is 0 Å². The highest BCUT2D eigenvalue weighted by atomic mass is 32.2. The van der Waals surface area contributed by atoms with Gasteiger partial charge in [-0.25, -0.2) is 23.2 Å². The van der Waals surface area contributed by atoms with Crippen LogP contribution in [0.3, 0.4) is 0 Å². The van der Waals surface area contributed by atoms with Gasteiger partial charge in [0.15, 0.2) is 15.1 Å². The average molecular weight is 504 g/mol. The Balaban J connectivity index is 1.56. The first-order valence-electron chi connectivity index (χ1n) is 10.4. The molecule has 1 aliphatic rings. The van der Waals surface area contributed by atoms with Crippen LogP contribution in [-0.4, -0.2) is 46.3 Å². The molecule has 1 aliphatic carbocycles. The van der Waals surface area contributed by atoms with Crippen LogP contribution in [0.5, 0.6) is 0 Å². The summed E-state index contributed by atoms with van der Waals surface area (Å²) in [5, 5.41) is 13.7. The topological polar surface area (TPSA) is 171 Å². The molecule has 1 saturated carbocycles. The second-order valence-corrected chi connectivity index (χ2v) is 10.8. The molecule has 1 aromatic carbocycles. The summed E-state index contributed by atoms with van der Waals surface area (Å²) < 4.78 is 25.4. The number of nitrogens with zero attached hydrogens (tertiary/aromatic N) is 2. The number of carbonyl (C=O) groups excluding carboxylic acids is 2. The Bertz CT molecular complexity index is 1330. The Morgan fingerprint density at radius 2 is 1.88 bits per heavy atom. The van der Waals surface area contributed by atoms with Crippen molar-refractivity contribution >= 4 is 49.8 Å². The zero-order valence-electron chi connectivity index (χ0n) is 17.8. The highest BCUT2D eigenvalue weighted by Gasteiger charge is 2.30. The molecule has 2 aromatic heterocycles. The zero-order chi connectivity index (χ0) is 24.3. The number of ketones is 1. The van der Waals surface area contributed by atoms with Gasteiger partial charge in [-0.3, -0.25) is 14.9 Å². The van der Waals surface area contributed by atoms with E-state index in [1.54, 1.807) is 24.3 Å². The molecule has 0 aliphatic heterocycles. The van der Waals surface area contributed by atoms with Crippen molar-refractivity contribution in [3.05, 3.63) is 47.9 Å². The van der Waals surface area contributed by atoms with Gasteiger partial charge in [0, 0.05) is 23.9 Å². The van der Waals surface area contributed by atoms with Gasteiger partial charge in [0.1, 0.15) is 0 Å². The first-order chi connectivity index (χ1) is 16.3. The van der Waals surface area contributed by atoms with Crippen LogP contribution in [-0.2, 0) is 21.1 Å². The van der Waals surface area contributed by atoms with Crippen molar-refractivity contribution in [1.82, 2.24) is 15.0 Å². The fraction of sp³-hybridized carbons (Fsp3) is 0.286. The summed E-state index contributed by atoms with van der Waals surface area (Å²) in [6.45, 7) is 0. The molecule has 0 unspecified atom stereocenters. The van der Waals surface area contributed by atoms with E-state index in [4.69, 9.17) is 5.11 Å². The van der Waals surface area contributed by atoms with Gasteiger partial charge in [0.05, 0.1) is 17.8 Å². The summed E-state index contributed by atoms with van der Waals surface area (Å²) in [5.41, 5.74) is 0.500. The summed E-state index contributed by atoms with van der Waals surface area (Å²) in [4.78, 5) is 47.0. The van der Waals surface area contributed by atoms with E-state index in [0.29, 0.717) is 22.6 Å². The summed E-state index contributed by atoms with van der Waals surface area (Å²) in [6, 6.07) is 5.91. The van der Waals surface area contributed by atoms with Crippen LogP contribution in [0.4, 0.5) is 15.6 Å². The number of thiazole rings is 1. The van der Waals surface area contributed by atoms with E-state index in [-0.39, 0.29) is 31.9 Å². The molecule has 3 aromatic rings. The molecule has 2 amide bonds. The lowest BCUT2D eigenvalue weighted by molar-refractivity contribution is -0.136. The van der Waals surface area contributed by atoms with Crippen molar-refractivity contribution in [1.29, 1.82) is 0 Å². The minimum Gasteiger partial charge on any atom is -0.481 e. The maximum Gasteiger partial charge on any atom is 0.325 e. The maximum absolute atomic E-state index is 12.9. The van der Waals surface area contributed by atoms with Crippen molar-refractivity contribution in [3.63, 3.8) is 0 Å². The number of urea groups is 1. The summed E-state index contributed by atoms with van der Waals surface area (Å²) in [6.07, 6.45) is 5.55. The number of nitrogens with one attached hydrogen (secondary N) is 3. The molecule has 13 heteroatoms. The average Bonchev–Trinajstić information content (AvgIpc) is 3.55. The highest BCUT2D eigenvalue weighted by Crippen LogP contribution is 2.33. The normalized spacial score (nSPS) is 14.1. The van der Waals surface area contributed by atoms with Gasteiger partial charge in [0.2, 0.25) is 5.16 Å². The van der Waals surface area contributed by atoms with Crippen LogP contribution >= 0.6 is 11.3 Å². The van der Waals surface area contributed by atoms with Crippen LogP contribution < -0.4 is 10.6 Å². The highest BCUT2D eigenvalue weighted by molar-refractivity contribution is 7.93. The predicted octanol–water partition coefficient (Wildman–Crippen LogP) is 3.34. The van der Waals surface area contributed by atoms with Crippen LogP contribution in [0, 0.1) is 5.92 Å². The third-order valence-corrected chi connectivity index (χ3v) is 8.51. The number of aliphatic carboxylic acids is 1. The molecule has 0 atom stereocenters. The molecule has 0 bridgehead atoms. The third kappa shape index (κ3) is 4.99. The van der Waals surface area contributed by atoms with Crippen molar-refractivity contribution in [2.24, 2.45) is 5.92 Å². The number of carboxylic acids is 1. The van der Waals surface area contributed by atoms with Gasteiger partial charge < -0.3 is 15.4 Å². The van der Waals surface area contributed by atoms with Crippen LogP contribution in [0.2, 0.25) is 0 Å². The quantitative estimate of drug-likeness (QED) is 0.339. The molecule has 4 rings (SSSR count). The smallest absolute Gasteiger partial charge is 0.325 e. The summed E-state index contributed by atoms with van der Waals surface area (Å²) >= 11 is 0.615. The lowest BCUT2D eigenvalue weighted by Gasteiger charge is -2.13. The third-order valence-electron chi connectivity index (χ3n) is 5.34. The fourth-order valence-corrected chi connectivity index (χ4v) is 6.46. The Morgan fingerprint density at radius 3 is 2.56 bits per heavy atom. The standard InChI is InChI=1S/C21H21N5O6S2/c27-16(28)11-15-18(34(31,32)21-22-9-10-23-21)33-20(25-15)26-19(30)24-14-8-4-3-7-13(14)17(29)12-5-1-2-6-12/h3-4,7-10,12H,1-2,5-6,11H2,(H,22,23)(H,27,28)(H2,24,25,26,30). The van der Waals surface area contributed by atoms with E-state index in [1.165, 1.54) is 12.4 Å². The Labute approximate surface area is 198 Å². The first kappa shape index (κ1) is 23.6. The van der Waals surface area contributed by atoms with Crippen molar-refractivity contribution in [2.45, 2.75) is 41.5 Å². The van der Waals surface area contributed by atoms with Gasteiger partial charge in [-0.15, -0.1) is 0 Å². The number of benzene rings is 1. The maximum atomic E-state index is 12.9. The number of imidazole rings is 1. The number of para-hydroxylation sites is 1. The number of amides is 2. The minimum atomic E-state index is -4.16. The number of aromatic nitrogens is 3. The lowest BCUT2D eigenvalue weighted by Crippen LogP contribution is -2.22. The van der Waals surface area contributed by atoms with Gasteiger partial charge >= 0.3 is 12.0 Å². The van der Waals surface area contributed by atoms with E-state index in [9.17, 15) is 22.8 Å². The van der Waals surface area contributed by atoms with Gasteiger partial charge in [0.25, 0.3) is 9.84 Å². The lowest BCUT2D eigenvalue weighted by atomic mass is 9.95. The number of anilines is 2. The molecule has 178 valence electrons. The molecular formula is C21H21N5O6S2. The number of hydrogen-bond donors (Lipinski definition) is 4. The van der Waals surface area contributed by atoms with Crippen molar-refractivity contribution < 1.29 is 27.9 Å². The van der Waals surface area contributed by atoms with Crippen LogP contribution in [0.1, 0.15) is 41.7 Å². The van der Waals surface area contributed by atoms with E-state index in [0.717, 1.165) is 25.7 Å². The monoisotopic (exact) mass is 503 g/mol. The summed E-state index contributed by atoms with van der Waals surface area (Å²) in [7, 11) is -4.16. The molecule has 0 radical (unpaired) electrons. The molecule has 0 saturated heterocycles. The molecule has 2 heterocycles. The predicted molar refractivity (Wildman–Crippen MR) is 123 cm³/mol. The number of aromatic amines is 1. The van der Waals surface area contributed by atoms with Crippen molar-refractivity contribution in [3.8, 4) is 0 Å². The zero-order valence-corrected chi connectivity index (χ0v) is 19.4. The molecule has 0 spiro atoms. The molecule has 4 N–H and O–H groups in total. The van der Waals surface area contributed by atoms with E-state index in [2.05, 4.69) is 25.6 Å². The number of hydrogen-bond acceptors (Lipinski definition) is 8. The number of H-pyrrole nitrogens is 1. The summed E-state index contributed by atoms with van der Waals surface area (Å²) in [5.74, 6) is -1.38. The second-order valence-electron chi connectivity index (χ2n) is 7.69. The van der Waals surface area contributed by atoms with Crippen LogP contribution in [0.15, 0.2) is 46.0 Å².